The molecule has 84 valence electrons. The Labute approximate surface area is 89.9 Å². The molecular formula is C11H18N2O2. The Balaban J connectivity index is 2.23. The molecular weight excluding hydrogens is 192 g/mol. The van der Waals surface area contributed by atoms with E-state index in [9.17, 15) is 0 Å². The van der Waals surface area contributed by atoms with Crippen LogP contribution < -0.4 is 0 Å². The lowest BCUT2D eigenvalue weighted by Gasteiger charge is -2.31. The standard InChI is InChI=1S/C11H18N2O2/c1-8-11(12-10(7-14)15-8)9-5-3-4-6-13(9)2/h9,14H,3-7H2,1-2H3. The summed E-state index contributed by atoms with van der Waals surface area (Å²) in [4.78, 5) is 6.66. The number of aromatic nitrogens is 1. The Bertz CT molecular complexity index is 335. The number of likely N-dealkylation sites (tertiary alicyclic amines) is 1. The van der Waals surface area contributed by atoms with Crippen LogP contribution in [0.25, 0.3) is 0 Å². The molecule has 4 nitrogen and oxygen atoms in total. The molecule has 1 aromatic rings. The second kappa shape index (κ2) is 4.33. The Hall–Kier alpha value is -0.870. The second-order valence-electron chi connectivity index (χ2n) is 4.20. The highest BCUT2D eigenvalue weighted by atomic mass is 16.4. The van der Waals surface area contributed by atoms with E-state index in [1.165, 1.54) is 12.8 Å². The third-order valence-corrected chi connectivity index (χ3v) is 3.10. The highest BCUT2D eigenvalue weighted by Gasteiger charge is 2.25. The number of aryl methyl sites for hydroxylation is 1. The Morgan fingerprint density at radius 2 is 2.33 bits per heavy atom. The van der Waals surface area contributed by atoms with Gasteiger partial charge in [-0.3, -0.25) is 4.90 Å². The van der Waals surface area contributed by atoms with Crippen molar-refractivity contribution in [2.75, 3.05) is 13.6 Å². The van der Waals surface area contributed by atoms with E-state index in [1.54, 1.807) is 0 Å². The van der Waals surface area contributed by atoms with Crippen LogP contribution in [0.2, 0.25) is 0 Å². The third-order valence-electron chi connectivity index (χ3n) is 3.10. The van der Waals surface area contributed by atoms with Crippen LogP contribution in [-0.2, 0) is 6.61 Å². The number of nitrogens with zero attached hydrogens (tertiary/aromatic N) is 2. The van der Waals surface area contributed by atoms with Gasteiger partial charge in [-0.15, -0.1) is 0 Å². The first-order chi connectivity index (χ1) is 7.22. The van der Waals surface area contributed by atoms with Crippen LogP contribution >= 0.6 is 0 Å². The van der Waals surface area contributed by atoms with Gasteiger partial charge in [0.15, 0.2) is 0 Å². The molecule has 4 heteroatoms. The molecule has 1 fully saturated rings. The van der Waals surface area contributed by atoms with Crippen LogP contribution in [0.5, 0.6) is 0 Å². The molecule has 15 heavy (non-hydrogen) atoms. The van der Waals surface area contributed by atoms with Crippen LogP contribution in [-0.4, -0.2) is 28.6 Å². The zero-order valence-corrected chi connectivity index (χ0v) is 9.36. The zero-order valence-electron chi connectivity index (χ0n) is 9.36. The first kappa shape index (κ1) is 10.6. The number of piperidine rings is 1. The van der Waals surface area contributed by atoms with Gasteiger partial charge in [0.05, 0.1) is 11.7 Å². The summed E-state index contributed by atoms with van der Waals surface area (Å²) < 4.78 is 5.38. The van der Waals surface area contributed by atoms with Gasteiger partial charge in [-0.05, 0) is 33.4 Å². The van der Waals surface area contributed by atoms with Crippen LogP contribution in [0.4, 0.5) is 0 Å². The molecule has 1 unspecified atom stereocenters. The summed E-state index contributed by atoms with van der Waals surface area (Å²) in [6.45, 7) is 2.92. The molecule has 0 spiro atoms. The summed E-state index contributed by atoms with van der Waals surface area (Å²) in [5, 5.41) is 8.97. The molecule has 1 aromatic heterocycles. The molecule has 0 aliphatic carbocycles. The van der Waals surface area contributed by atoms with Crippen molar-refractivity contribution in [2.24, 2.45) is 0 Å². The van der Waals surface area contributed by atoms with Crippen molar-refractivity contribution in [3.8, 4) is 0 Å². The number of aliphatic hydroxyl groups excluding tert-OH is 1. The van der Waals surface area contributed by atoms with Gasteiger partial charge < -0.3 is 9.52 Å². The van der Waals surface area contributed by atoms with Crippen molar-refractivity contribution in [3.05, 3.63) is 17.3 Å². The highest BCUT2D eigenvalue weighted by Crippen LogP contribution is 2.31. The van der Waals surface area contributed by atoms with Gasteiger partial charge in [-0.25, -0.2) is 4.98 Å². The molecule has 1 saturated heterocycles. The minimum absolute atomic E-state index is 0.114. The van der Waals surface area contributed by atoms with Gasteiger partial charge in [0.25, 0.3) is 0 Å². The summed E-state index contributed by atoms with van der Waals surface area (Å²) in [5.74, 6) is 1.28. The van der Waals surface area contributed by atoms with Gasteiger partial charge in [0, 0.05) is 0 Å². The van der Waals surface area contributed by atoms with Gasteiger partial charge in [-0.2, -0.15) is 0 Å². The van der Waals surface area contributed by atoms with Crippen molar-refractivity contribution >= 4 is 0 Å². The van der Waals surface area contributed by atoms with Gasteiger partial charge in [-0.1, -0.05) is 6.42 Å². The topological polar surface area (TPSA) is 49.5 Å². The molecule has 0 bridgehead atoms. The zero-order chi connectivity index (χ0) is 10.8. The minimum atomic E-state index is -0.114. The molecule has 1 aliphatic rings. The predicted molar refractivity (Wildman–Crippen MR) is 56.4 cm³/mol. The van der Waals surface area contributed by atoms with Gasteiger partial charge >= 0.3 is 0 Å². The maximum atomic E-state index is 8.97. The average molecular weight is 210 g/mol. The van der Waals surface area contributed by atoms with Gasteiger partial charge in [0.1, 0.15) is 12.4 Å². The molecule has 1 aliphatic heterocycles. The van der Waals surface area contributed by atoms with Crippen molar-refractivity contribution in [3.63, 3.8) is 0 Å². The summed E-state index contributed by atoms with van der Waals surface area (Å²) >= 11 is 0. The smallest absolute Gasteiger partial charge is 0.220 e. The Morgan fingerprint density at radius 1 is 1.53 bits per heavy atom. The van der Waals surface area contributed by atoms with E-state index in [1.807, 2.05) is 6.92 Å². The molecule has 0 saturated carbocycles. The first-order valence-electron chi connectivity index (χ1n) is 5.49. The number of oxazole rings is 1. The van der Waals surface area contributed by atoms with E-state index in [2.05, 4.69) is 16.9 Å². The second-order valence-corrected chi connectivity index (χ2v) is 4.20. The van der Waals surface area contributed by atoms with E-state index in [0.717, 1.165) is 24.4 Å². The third kappa shape index (κ3) is 2.06. The van der Waals surface area contributed by atoms with Crippen molar-refractivity contribution in [1.82, 2.24) is 9.88 Å². The molecule has 1 atom stereocenters. The van der Waals surface area contributed by atoms with Crippen LogP contribution in [0.15, 0.2) is 4.42 Å². The molecule has 1 N–H and O–H groups in total. The van der Waals surface area contributed by atoms with E-state index in [-0.39, 0.29) is 6.61 Å². The van der Waals surface area contributed by atoms with Crippen LogP contribution in [0, 0.1) is 6.92 Å². The predicted octanol–water partition coefficient (Wildman–Crippen LogP) is 1.63. The monoisotopic (exact) mass is 210 g/mol. The fraction of sp³-hybridized carbons (Fsp3) is 0.727. The lowest BCUT2D eigenvalue weighted by Crippen LogP contribution is -2.30. The fourth-order valence-corrected chi connectivity index (χ4v) is 2.26. The number of hydrogen-bond donors (Lipinski definition) is 1. The minimum Gasteiger partial charge on any atom is -0.443 e. The normalized spacial score (nSPS) is 23.3. The lowest BCUT2D eigenvalue weighted by atomic mass is 9.99. The summed E-state index contributed by atoms with van der Waals surface area (Å²) in [6.07, 6.45) is 3.64. The SMILES string of the molecule is Cc1oc(CO)nc1C1CCCCN1C. The number of hydrogen-bond acceptors (Lipinski definition) is 4. The lowest BCUT2D eigenvalue weighted by molar-refractivity contribution is 0.182. The largest absolute Gasteiger partial charge is 0.443 e. The van der Waals surface area contributed by atoms with Crippen molar-refractivity contribution < 1.29 is 9.52 Å². The van der Waals surface area contributed by atoms with E-state index >= 15 is 0 Å². The molecule has 0 amide bonds. The first-order valence-corrected chi connectivity index (χ1v) is 5.49. The van der Waals surface area contributed by atoms with E-state index < -0.39 is 0 Å². The van der Waals surface area contributed by atoms with E-state index in [4.69, 9.17) is 9.52 Å². The average Bonchev–Trinajstić information content (AvgIpc) is 2.60. The molecule has 2 heterocycles. The Morgan fingerprint density at radius 3 is 2.93 bits per heavy atom. The molecule has 0 aromatic carbocycles. The number of aliphatic hydroxyl groups is 1. The summed E-state index contributed by atoms with van der Waals surface area (Å²) in [7, 11) is 2.12. The number of rotatable bonds is 2. The highest BCUT2D eigenvalue weighted by molar-refractivity contribution is 5.13. The fourth-order valence-electron chi connectivity index (χ4n) is 2.26. The van der Waals surface area contributed by atoms with Gasteiger partial charge in [0.2, 0.25) is 5.89 Å². The van der Waals surface area contributed by atoms with E-state index in [0.29, 0.717) is 11.9 Å². The summed E-state index contributed by atoms with van der Waals surface area (Å²) in [5.41, 5.74) is 1.00. The summed E-state index contributed by atoms with van der Waals surface area (Å²) in [6, 6.07) is 0.364. The molecule has 2 rings (SSSR count). The van der Waals surface area contributed by atoms with Crippen molar-refractivity contribution in [2.45, 2.75) is 38.8 Å². The van der Waals surface area contributed by atoms with Crippen LogP contribution in [0.3, 0.4) is 0 Å². The maximum Gasteiger partial charge on any atom is 0.220 e. The van der Waals surface area contributed by atoms with Crippen molar-refractivity contribution in [1.29, 1.82) is 0 Å². The molecule has 0 radical (unpaired) electrons. The van der Waals surface area contributed by atoms with Crippen LogP contribution in [0.1, 0.15) is 42.6 Å². The quantitative estimate of drug-likeness (QED) is 0.806. The maximum absolute atomic E-state index is 8.97. The Kier molecular flexibility index (Phi) is 3.07.